The molecule has 0 heterocycles. The second-order valence-electron chi connectivity index (χ2n) is 3.52. The van der Waals surface area contributed by atoms with Gasteiger partial charge in [0, 0.05) is 12.0 Å². The van der Waals surface area contributed by atoms with E-state index in [0.29, 0.717) is 6.42 Å². The van der Waals surface area contributed by atoms with E-state index in [1.807, 2.05) is 24.3 Å². The van der Waals surface area contributed by atoms with Crippen LogP contribution in [0, 0.1) is 12.3 Å². The first kappa shape index (κ1) is 9.23. The van der Waals surface area contributed by atoms with Crippen molar-refractivity contribution in [3.63, 3.8) is 0 Å². The number of fused-ring (bicyclic) bond motifs is 1. The second kappa shape index (κ2) is 3.43. The molecule has 2 rings (SSSR count). The van der Waals surface area contributed by atoms with Gasteiger partial charge in [-0.2, -0.15) is 0 Å². The minimum absolute atomic E-state index is 0.269. The van der Waals surface area contributed by atoms with Gasteiger partial charge in [-0.3, -0.25) is 5.32 Å². The number of rotatable bonds is 2. The molecule has 0 amide bonds. The first-order valence-electron chi connectivity index (χ1n) is 4.72. The maximum absolute atomic E-state index is 14.3. The Balaban J connectivity index is 2.29. The molecule has 1 unspecified atom stereocenters. The molecular formula is C12H12FN. The Morgan fingerprint density at radius 3 is 3.07 bits per heavy atom. The maximum Gasteiger partial charge on any atom is 0.188 e. The van der Waals surface area contributed by atoms with Crippen LogP contribution in [0.2, 0.25) is 0 Å². The van der Waals surface area contributed by atoms with Gasteiger partial charge < -0.3 is 0 Å². The third kappa shape index (κ3) is 1.40. The van der Waals surface area contributed by atoms with Crippen LogP contribution in [0.3, 0.4) is 0 Å². The number of hydrogen-bond acceptors (Lipinski definition) is 1. The van der Waals surface area contributed by atoms with Crippen LogP contribution in [0.15, 0.2) is 24.3 Å². The molecule has 1 aromatic carbocycles. The summed E-state index contributed by atoms with van der Waals surface area (Å²) in [5.41, 5.74) is 1.83. The number of nitrogens with one attached hydrogen (secondary N) is 1. The molecule has 1 aromatic rings. The van der Waals surface area contributed by atoms with Gasteiger partial charge in [-0.15, -0.1) is 6.42 Å². The number of hydrogen-bond donors (Lipinski definition) is 1. The molecule has 0 radical (unpaired) electrons. The highest BCUT2D eigenvalue weighted by Gasteiger charge is 2.37. The van der Waals surface area contributed by atoms with Crippen molar-refractivity contribution in [2.24, 2.45) is 0 Å². The first-order chi connectivity index (χ1) is 6.76. The Kier molecular flexibility index (Phi) is 2.26. The molecule has 0 fully saturated rings. The summed E-state index contributed by atoms with van der Waals surface area (Å²) in [5.74, 6) is 0.986. The van der Waals surface area contributed by atoms with Crippen molar-refractivity contribution < 1.29 is 4.39 Å². The van der Waals surface area contributed by atoms with E-state index < -0.39 is 5.79 Å². The van der Waals surface area contributed by atoms with Gasteiger partial charge in [0.25, 0.3) is 0 Å². The Morgan fingerprint density at radius 1 is 1.50 bits per heavy atom. The molecule has 1 nitrogen and oxygen atoms in total. The predicted octanol–water partition coefficient (Wildman–Crippen LogP) is 1.98. The fourth-order valence-electron chi connectivity index (χ4n) is 1.94. The zero-order chi connectivity index (χ0) is 10.0. The van der Waals surface area contributed by atoms with E-state index >= 15 is 0 Å². The largest absolute Gasteiger partial charge is 0.270 e. The smallest absolute Gasteiger partial charge is 0.188 e. The van der Waals surface area contributed by atoms with Gasteiger partial charge >= 0.3 is 0 Å². The van der Waals surface area contributed by atoms with E-state index in [-0.39, 0.29) is 6.54 Å². The fraction of sp³-hybridized carbons (Fsp3) is 0.333. The molecule has 2 heteroatoms. The molecule has 0 aromatic heterocycles. The average Bonchev–Trinajstić information content (AvgIpc) is 2.55. The Hall–Kier alpha value is -1.33. The molecule has 0 saturated heterocycles. The summed E-state index contributed by atoms with van der Waals surface area (Å²) in [6.07, 6.45) is 6.37. The van der Waals surface area contributed by atoms with E-state index in [9.17, 15) is 4.39 Å². The molecule has 72 valence electrons. The number of aryl methyl sites for hydroxylation is 1. The van der Waals surface area contributed by atoms with Crippen LogP contribution in [0.5, 0.6) is 0 Å². The number of alkyl halides is 1. The van der Waals surface area contributed by atoms with Crippen molar-refractivity contribution in [1.82, 2.24) is 5.32 Å². The maximum atomic E-state index is 14.3. The van der Waals surface area contributed by atoms with Crippen LogP contribution in [-0.4, -0.2) is 6.54 Å². The number of benzene rings is 1. The minimum atomic E-state index is -1.41. The summed E-state index contributed by atoms with van der Waals surface area (Å²) < 4.78 is 14.3. The van der Waals surface area contributed by atoms with Crippen molar-refractivity contribution in [2.45, 2.75) is 18.6 Å². The molecule has 1 atom stereocenters. The zero-order valence-corrected chi connectivity index (χ0v) is 7.89. The fourth-order valence-corrected chi connectivity index (χ4v) is 1.94. The van der Waals surface area contributed by atoms with Crippen molar-refractivity contribution >= 4 is 0 Å². The van der Waals surface area contributed by atoms with Gasteiger partial charge in [0.1, 0.15) is 0 Å². The highest BCUT2D eigenvalue weighted by Crippen LogP contribution is 2.37. The van der Waals surface area contributed by atoms with Crippen LogP contribution >= 0.6 is 0 Å². The molecule has 0 bridgehead atoms. The normalized spacial score (nSPS) is 24.3. The van der Waals surface area contributed by atoms with Crippen LogP contribution in [0.1, 0.15) is 17.5 Å². The van der Waals surface area contributed by atoms with Crippen molar-refractivity contribution in [3.8, 4) is 12.3 Å². The molecular weight excluding hydrogens is 177 g/mol. The van der Waals surface area contributed by atoms with Crippen LogP contribution < -0.4 is 5.32 Å². The van der Waals surface area contributed by atoms with E-state index in [4.69, 9.17) is 6.42 Å². The highest BCUT2D eigenvalue weighted by molar-refractivity contribution is 5.36. The van der Waals surface area contributed by atoms with E-state index in [1.165, 1.54) is 0 Å². The molecule has 1 aliphatic rings. The summed E-state index contributed by atoms with van der Waals surface area (Å²) >= 11 is 0. The lowest BCUT2D eigenvalue weighted by Gasteiger charge is -2.21. The van der Waals surface area contributed by atoms with Gasteiger partial charge in [-0.1, -0.05) is 30.2 Å². The van der Waals surface area contributed by atoms with Crippen molar-refractivity contribution in [1.29, 1.82) is 0 Å². The lowest BCUT2D eigenvalue weighted by molar-refractivity contribution is 0.123. The topological polar surface area (TPSA) is 12.0 Å². The monoisotopic (exact) mass is 189 g/mol. The first-order valence-corrected chi connectivity index (χ1v) is 4.72. The Bertz CT molecular complexity index is 380. The van der Waals surface area contributed by atoms with Gasteiger partial charge in [0.2, 0.25) is 0 Å². The Morgan fingerprint density at radius 2 is 2.29 bits per heavy atom. The van der Waals surface area contributed by atoms with Gasteiger partial charge in [-0.25, -0.2) is 4.39 Å². The lowest BCUT2D eigenvalue weighted by Crippen LogP contribution is -2.36. The van der Waals surface area contributed by atoms with E-state index in [0.717, 1.165) is 17.5 Å². The van der Waals surface area contributed by atoms with E-state index in [1.54, 1.807) is 0 Å². The summed E-state index contributed by atoms with van der Waals surface area (Å²) in [4.78, 5) is 0. The third-order valence-electron chi connectivity index (χ3n) is 2.65. The second-order valence-corrected chi connectivity index (χ2v) is 3.52. The SMILES string of the molecule is C#CCNC1(F)CCc2ccccc21. The minimum Gasteiger partial charge on any atom is -0.270 e. The third-order valence-corrected chi connectivity index (χ3v) is 2.65. The summed E-state index contributed by atoms with van der Waals surface area (Å²) in [6.45, 7) is 0.269. The van der Waals surface area contributed by atoms with E-state index in [2.05, 4.69) is 11.2 Å². The van der Waals surface area contributed by atoms with Gasteiger partial charge in [-0.05, 0) is 12.0 Å². The van der Waals surface area contributed by atoms with Crippen molar-refractivity contribution in [2.75, 3.05) is 6.54 Å². The molecule has 0 spiro atoms. The quantitative estimate of drug-likeness (QED) is 0.554. The summed E-state index contributed by atoms with van der Waals surface area (Å²) in [7, 11) is 0. The summed E-state index contributed by atoms with van der Waals surface area (Å²) in [6, 6.07) is 7.59. The number of halogens is 1. The lowest BCUT2D eigenvalue weighted by atomic mass is 10.1. The van der Waals surface area contributed by atoms with Gasteiger partial charge in [0.05, 0.1) is 6.54 Å². The zero-order valence-electron chi connectivity index (χ0n) is 7.89. The van der Waals surface area contributed by atoms with Crippen LogP contribution in [0.25, 0.3) is 0 Å². The predicted molar refractivity (Wildman–Crippen MR) is 54.4 cm³/mol. The number of terminal acetylenes is 1. The highest BCUT2D eigenvalue weighted by atomic mass is 19.1. The Labute approximate surface area is 83.3 Å². The van der Waals surface area contributed by atoms with Crippen molar-refractivity contribution in [3.05, 3.63) is 35.4 Å². The van der Waals surface area contributed by atoms with Gasteiger partial charge in [0.15, 0.2) is 5.79 Å². The van der Waals surface area contributed by atoms with Crippen LogP contribution in [-0.2, 0) is 12.2 Å². The average molecular weight is 189 g/mol. The molecule has 0 saturated carbocycles. The van der Waals surface area contributed by atoms with Crippen LogP contribution in [0.4, 0.5) is 4.39 Å². The molecule has 1 aliphatic carbocycles. The molecule has 1 N–H and O–H groups in total. The molecule has 14 heavy (non-hydrogen) atoms. The summed E-state index contributed by atoms with van der Waals surface area (Å²) in [5, 5.41) is 2.76. The standard InChI is InChI=1S/C12H12FN/c1-2-9-14-12(13)8-7-10-5-3-4-6-11(10)12/h1,3-6,14H,7-9H2. The molecule has 0 aliphatic heterocycles.